The number of benzene rings is 1. The van der Waals surface area contributed by atoms with E-state index in [-0.39, 0.29) is 27.4 Å². The summed E-state index contributed by atoms with van der Waals surface area (Å²) in [6.45, 7) is 0. The molecule has 0 bridgehead atoms. The zero-order chi connectivity index (χ0) is 15.6. The van der Waals surface area contributed by atoms with Crippen molar-refractivity contribution in [1.82, 2.24) is 4.57 Å². The van der Waals surface area contributed by atoms with Gasteiger partial charge in [0.05, 0.1) is 16.3 Å². The molecule has 0 spiro atoms. The van der Waals surface area contributed by atoms with Gasteiger partial charge in [-0.1, -0.05) is 11.6 Å². The molecule has 0 aliphatic rings. The summed E-state index contributed by atoms with van der Waals surface area (Å²) in [5.41, 5.74) is 0.172. The van der Waals surface area contributed by atoms with Crippen LogP contribution < -0.4 is 10.9 Å². The van der Waals surface area contributed by atoms with Crippen molar-refractivity contribution in [2.24, 2.45) is 7.05 Å². The lowest BCUT2D eigenvalue weighted by atomic mass is 10.2. The van der Waals surface area contributed by atoms with Gasteiger partial charge >= 0.3 is 5.97 Å². The molecule has 1 aromatic carbocycles. The smallest absolute Gasteiger partial charge is 0.335 e. The van der Waals surface area contributed by atoms with E-state index in [1.165, 1.54) is 41.1 Å². The molecule has 0 fully saturated rings. The van der Waals surface area contributed by atoms with Crippen LogP contribution in [-0.4, -0.2) is 21.6 Å². The molecule has 0 aliphatic heterocycles. The molecule has 0 aliphatic carbocycles. The highest BCUT2D eigenvalue weighted by Gasteiger charge is 2.11. The third-order valence-corrected chi connectivity index (χ3v) is 3.14. The number of rotatable bonds is 3. The average Bonchev–Trinajstić information content (AvgIpc) is 2.43. The monoisotopic (exact) mass is 306 g/mol. The molecule has 2 rings (SSSR count). The largest absolute Gasteiger partial charge is 0.478 e. The lowest BCUT2D eigenvalue weighted by Crippen LogP contribution is -2.20. The number of halogens is 1. The Balaban J connectivity index is 2.25. The Hall–Kier alpha value is -2.60. The summed E-state index contributed by atoms with van der Waals surface area (Å²) in [6, 6.07) is 6.66. The van der Waals surface area contributed by atoms with E-state index in [0.717, 1.165) is 0 Å². The number of hydrogen-bond acceptors (Lipinski definition) is 3. The average molecular weight is 307 g/mol. The van der Waals surface area contributed by atoms with Crippen LogP contribution in [0.25, 0.3) is 0 Å². The number of carboxylic acids is 1. The standard InChI is InChI=1S/C14H11ClN2O4/c1-17-5-4-8(7-12(17)18)13(19)16-11-3-2-9(14(20)21)6-10(11)15/h2-7H,1H3,(H,16,19)(H,20,21). The summed E-state index contributed by atoms with van der Waals surface area (Å²) in [4.78, 5) is 34.3. The Morgan fingerprint density at radius 3 is 2.48 bits per heavy atom. The minimum atomic E-state index is -1.11. The number of nitrogens with one attached hydrogen (secondary N) is 1. The Morgan fingerprint density at radius 1 is 1.19 bits per heavy atom. The molecule has 1 heterocycles. The maximum absolute atomic E-state index is 12.0. The van der Waals surface area contributed by atoms with Crippen molar-refractivity contribution >= 4 is 29.2 Å². The number of aryl methyl sites for hydroxylation is 1. The molecule has 6 nitrogen and oxygen atoms in total. The summed E-state index contributed by atoms with van der Waals surface area (Å²) in [5, 5.41) is 11.5. The summed E-state index contributed by atoms with van der Waals surface area (Å²) < 4.78 is 1.34. The van der Waals surface area contributed by atoms with E-state index in [1.807, 2.05) is 0 Å². The first-order chi connectivity index (χ1) is 9.88. The summed E-state index contributed by atoms with van der Waals surface area (Å²) in [7, 11) is 1.57. The summed E-state index contributed by atoms with van der Waals surface area (Å²) >= 11 is 5.92. The third kappa shape index (κ3) is 3.29. The second-order valence-corrected chi connectivity index (χ2v) is 4.73. The second-order valence-electron chi connectivity index (χ2n) is 4.32. The first kappa shape index (κ1) is 14.8. The van der Waals surface area contributed by atoms with Gasteiger partial charge in [-0.05, 0) is 24.3 Å². The summed E-state index contributed by atoms with van der Waals surface area (Å²) in [6.07, 6.45) is 1.48. The molecule has 21 heavy (non-hydrogen) atoms. The van der Waals surface area contributed by atoms with Gasteiger partial charge in [0.2, 0.25) is 0 Å². The Kier molecular flexibility index (Phi) is 4.09. The molecule has 1 amide bonds. The lowest BCUT2D eigenvalue weighted by molar-refractivity contribution is 0.0696. The van der Waals surface area contributed by atoms with Crippen LogP contribution in [0.2, 0.25) is 5.02 Å². The lowest BCUT2D eigenvalue weighted by Gasteiger charge is -2.08. The minimum Gasteiger partial charge on any atom is -0.478 e. The number of carbonyl (C=O) groups is 2. The number of nitrogens with zero attached hydrogens (tertiary/aromatic N) is 1. The molecule has 0 saturated heterocycles. The van der Waals surface area contributed by atoms with Crippen LogP contribution in [-0.2, 0) is 7.05 Å². The number of hydrogen-bond donors (Lipinski definition) is 2. The molecular formula is C14H11ClN2O4. The maximum Gasteiger partial charge on any atom is 0.335 e. The topological polar surface area (TPSA) is 88.4 Å². The van der Waals surface area contributed by atoms with E-state index in [4.69, 9.17) is 16.7 Å². The van der Waals surface area contributed by atoms with E-state index in [0.29, 0.717) is 0 Å². The van der Waals surface area contributed by atoms with Gasteiger partial charge in [-0.3, -0.25) is 9.59 Å². The van der Waals surface area contributed by atoms with Crippen LogP contribution >= 0.6 is 11.6 Å². The van der Waals surface area contributed by atoms with Crippen molar-refractivity contribution < 1.29 is 14.7 Å². The molecule has 0 atom stereocenters. The van der Waals surface area contributed by atoms with Gasteiger partial charge in [-0.2, -0.15) is 0 Å². The van der Waals surface area contributed by atoms with Gasteiger partial charge in [0.25, 0.3) is 11.5 Å². The number of anilines is 1. The molecule has 7 heteroatoms. The zero-order valence-electron chi connectivity index (χ0n) is 11.0. The molecular weight excluding hydrogens is 296 g/mol. The molecule has 108 valence electrons. The molecule has 2 aromatic rings. The van der Waals surface area contributed by atoms with E-state index in [2.05, 4.69) is 5.32 Å². The van der Waals surface area contributed by atoms with Crippen molar-refractivity contribution in [3.05, 3.63) is 63.0 Å². The number of aromatic nitrogens is 1. The van der Waals surface area contributed by atoms with Gasteiger partial charge in [0, 0.05) is 24.9 Å². The Bertz CT molecular complexity index is 783. The molecule has 0 radical (unpaired) electrons. The van der Waals surface area contributed by atoms with E-state index < -0.39 is 11.9 Å². The zero-order valence-corrected chi connectivity index (χ0v) is 11.7. The van der Waals surface area contributed by atoms with Gasteiger partial charge in [-0.15, -0.1) is 0 Å². The predicted molar refractivity (Wildman–Crippen MR) is 78.0 cm³/mol. The molecule has 1 aromatic heterocycles. The fourth-order valence-corrected chi connectivity index (χ4v) is 1.86. The molecule has 2 N–H and O–H groups in total. The van der Waals surface area contributed by atoms with Crippen LogP contribution in [0.15, 0.2) is 41.3 Å². The number of carbonyl (C=O) groups excluding carboxylic acids is 1. The van der Waals surface area contributed by atoms with Gasteiger partial charge in [0.1, 0.15) is 0 Å². The fraction of sp³-hybridized carbons (Fsp3) is 0.0714. The highest BCUT2D eigenvalue weighted by molar-refractivity contribution is 6.34. The van der Waals surface area contributed by atoms with E-state index in [9.17, 15) is 14.4 Å². The normalized spacial score (nSPS) is 10.2. The number of amides is 1. The number of carboxylic acid groups (broad SMARTS) is 1. The Labute approximate surface area is 124 Å². The Morgan fingerprint density at radius 2 is 1.90 bits per heavy atom. The molecule has 0 saturated carbocycles. The first-order valence-electron chi connectivity index (χ1n) is 5.89. The van der Waals surface area contributed by atoms with Crippen molar-refractivity contribution in [3.8, 4) is 0 Å². The van der Waals surface area contributed by atoms with Crippen molar-refractivity contribution in [1.29, 1.82) is 0 Å². The van der Waals surface area contributed by atoms with Crippen molar-refractivity contribution in [2.75, 3.05) is 5.32 Å². The van der Waals surface area contributed by atoms with Crippen LogP contribution in [0.1, 0.15) is 20.7 Å². The van der Waals surface area contributed by atoms with Crippen LogP contribution in [0, 0.1) is 0 Å². The summed E-state index contributed by atoms with van der Waals surface area (Å²) in [5.74, 6) is -1.61. The van der Waals surface area contributed by atoms with Gasteiger partial charge in [-0.25, -0.2) is 4.79 Å². The quantitative estimate of drug-likeness (QED) is 0.907. The third-order valence-electron chi connectivity index (χ3n) is 2.83. The predicted octanol–water partition coefficient (Wildman–Crippen LogP) is 1.99. The highest BCUT2D eigenvalue weighted by atomic mass is 35.5. The van der Waals surface area contributed by atoms with Crippen LogP contribution in [0.5, 0.6) is 0 Å². The van der Waals surface area contributed by atoms with Crippen LogP contribution in [0.4, 0.5) is 5.69 Å². The van der Waals surface area contributed by atoms with Gasteiger partial charge < -0.3 is 15.0 Å². The minimum absolute atomic E-state index is 0.0200. The fourth-order valence-electron chi connectivity index (χ4n) is 1.63. The van der Waals surface area contributed by atoms with Gasteiger partial charge in [0.15, 0.2) is 0 Å². The highest BCUT2D eigenvalue weighted by Crippen LogP contribution is 2.23. The SMILES string of the molecule is Cn1ccc(C(=O)Nc2ccc(C(=O)O)cc2Cl)cc1=O. The molecule has 0 unspecified atom stereocenters. The van der Waals surface area contributed by atoms with Crippen molar-refractivity contribution in [3.63, 3.8) is 0 Å². The second kappa shape index (κ2) is 5.80. The van der Waals surface area contributed by atoms with Crippen LogP contribution in [0.3, 0.4) is 0 Å². The maximum atomic E-state index is 12.0. The first-order valence-corrected chi connectivity index (χ1v) is 6.27. The van der Waals surface area contributed by atoms with E-state index in [1.54, 1.807) is 7.05 Å². The number of pyridine rings is 1. The number of aromatic carboxylic acids is 1. The van der Waals surface area contributed by atoms with E-state index >= 15 is 0 Å². The van der Waals surface area contributed by atoms with Crippen molar-refractivity contribution in [2.45, 2.75) is 0 Å².